The van der Waals surface area contributed by atoms with E-state index < -0.39 is 0 Å². The highest BCUT2D eigenvalue weighted by atomic mass is 32.1. The van der Waals surface area contributed by atoms with Crippen molar-refractivity contribution in [1.29, 1.82) is 0 Å². The lowest BCUT2D eigenvalue weighted by atomic mass is 9.90. The van der Waals surface area contributed by atoms with E-state index in [1.165, 1.54) is 17.7 Å². The predicted molar refractivity (Wildman–Crippen MR) is 90.9 cm³/mol. The van der Waals surface area contributed by atoms with Gasteiger partial charge < -0.3 is 14.2 Å². The Hall–Kier alpha value is -1.59. The van der Waals surface area contributed by atoms with E-state index in [4.69, 9.17) is 4.74 Å². The summed E-state index contributed by atoms with van der Waals surface area (Å²) in [7, 11) is 0. The van der Waals surface area contributed by atoms with Gasteiger partial charge in [-0.25, -0.2) is 0 Å². The lowest BCUT2D eigenvalue weighted by Crippen LogP contribution is -2.55. The number of carbonyl (C=O) groups excluding carboxylic acids is 1. The third-order valence-electron chi connectivity index (χ3n) is 4.95. The summed E-state index contributed by atoms with van der Waals surface area (Å²) in [6.07, 6.45) is 6.82. The average Bonchev–Trinajstić information content (AvgIpc) is 3.26. The van der Waals surface area contributed by atoms with E-state index in [-0.39, 0.29) is 18.1 Å². The normalized spacial score (nSPS) is 24.4. The number of morpholine rings is 1. The zero-order valence-corrected chi connectivity index (χ0v) is 14.0. The van der Waals surface area contributed by atoms with Gasteiger partial charge in [0.05, 0.1) is 25.3 Å². The molecule has 3 heterocycles. The van der Waals surface area contributed by atoms with Crippen molar-refractivity contribution in [3.05, 3.63) is 46.4 Å². The summed E-state index contributed by atoms with van der Waals surface area (Å²) in [5, 5.41) is 2.08. The Balaban J connectivity index is 1.55. The molecule has 122 valence electrons. The van der Waals surface area contributed by atoms with Crippen LogP contribution in [-0.2, 0) is 11.3 Å². The van der Waals surface area contributed by atoms with Gasteiger partial charge in [0.15, 0.2) is 0 Å². The summed E-state index contributed by atoms with van der Waals surface area (Å²) < 4.78 is 7.97. The Kier molecular flexibility index (Phi) is 4.23. The van der Waals surface area contributed by atoms with Crippen molar-refractivity contribution < 1.29 is 9.53 Å². The van der Waals surface area contributed by atoms with Gasteiger partial charge >= 0.3 is 0 Å². The van der Waals surface area contributed by atoms with Crippen molar-refractivity contribution in [3.63, 3.8) is 0 Å². The van der Waals surface area contributed by atoms with E-state index in [0.717, 1.165) is 25.1 Å². The molecular weight excluding hydrogens is 308 g/mol. The monoisotopic (exact) mass is 330 g/mol. The maximum atomic E-state index is 13.1. The smallest absolute Gasteiger partial charge is 0.270 e. The van der Waals surface area contributed by atoms with Gasteiger partial charge in [-0.3, -0.25) is 4.79 Å². The van der Waals surface area contributed by atoms with E-state index in [1.807, 2.05) is 18.3 Å². The lowest BCUT2D eigenvalue weighted by Gasteiger charge is -2.43. The Labute approximate surface area is 140 Å². The molecule has 0 N–H and O–H groups in total. The molecule has 2 fully saturated rings. The Morgan fingerprint density at radius 2 is 2.17 bits per heavy atom. The first-order valence-electron chi connectivity index (χ1n) is 8.43. The van der Waals surface area contributed by atoms with Gasteiger partial charge in [0.2, 0.25) is 0 Å². The third-order valence-corrected chi connectivity index (χ3v) is 5.81. The van der Waals surface area contributed by atoms with Gasteiger partial charge in [-0.05, 0) is 36.4 Å². The van der Waals surface area contributed by atoms with Crippen molar-refractivity contribution >= 4 is 17.2 Å². The molecule has 4 nitrogen and oxygen atoms in total. The maximum absolute atomic E-state index is 13.1. The predicted octanol–water partition coefficient (Wildman–Crippen LogP) is 3.38. The molecule has 0 unspecified atom stereocenters. The Morgan fingerprint density at radius 3 is 3.04 bits per heavy atom. The van der Waals surface area contributed by atoms with Gasteiger partial charge in [0.25, 0.3) is 5.91 Å². The molecule has 0 radical (unpaired) electrons. The zero-order valence-electron chi connectivity index (χ0n) is 13.2. The van der Waals surface area contributed by atoms with Crippen LogP contribution in [-0.4, -0.2) is 40.7 Å². The molecule has 2 aromatic heterocycles. The number of carbonyl (C=O) groups is 1. The SMILES string of the molecule is O=C(c1cccn1Cc1cccs1)N1CCO[C@H]2CCCC[C@@H]21. The van der Waals surface area contributed by atoms with Crippen molar-refractivity contribution in [2.24, 2.45) is 0 Å². The van der Waals surface area contributed by atoms with Crippen LogP contribution in [0.1, 0.15) is 41.0 Å². The minimum atomic E-state index is 0.159. The molecule has 5 heteroatoms. The van der Waals surface area contributed by atoms with Crippen LogP contribution in [0, 0.1) is 0 Å². The number of fused-ring (bicyclic) bond motifs is 1. The molecule has 23 heavy (non-hydrogen) atoms. The first kappa shape index (κ1) is 15.0. The molecule has 0 aromatic carbocycles. The molecule has 0 bridgehead atoms. The summed E-state index contributed by atoms with van der Waals surface area (Å²) in [6, 6.07) is 8.35. The number of rotatable bonds is 3. The second-order valence-electron chi connectivity index (χ2n) is 6.36. The second kappa shape index (κ2) is 6.49. The summed E-state index contributed by atoms with van der Waals surface area (Å²) in [6.45, 7) is 2.15. The van der Waals surface area contributed by atoms with Crippen LogP contribution in [0.4, 0.5) is 0 Å². The zero-order chi connectivity index (χ0) is 15.6. The number of thiophene rings is 1. The van der Waals surface area contributed by atoms with E-state index in [2.05, 4.69) is 27.0 Å². The number of ether oxygens (including phenoxy) is 1. The van der Waals surface area contributed by atoms with Gasteiger partial charge in [0.1, 0.15) is 5.69 Å². The number of amides is 1. The highest BCUT2D eigenvalue weighted by Crippen LogP contribution is 2.29. The number of aromatic nitrogens is 1. The van der Waals surface area contributed by atoms with Crippen LogP contribution >= 0.6 is 11.3 Å². The molecule has 1 amide bonds. The van der Waals surface area contributed by atoms with E-state index in [9.17, 15) is 4.79 Å². The van der Waals surface area contributed by atoms with Crippen molar-refractivity contribution in [1.82, 2.24) is 9.47 Å². The summed E-state index contributed by atoms with van der Waals surface area (Å²) in [4.78, 5) is 16.5. The minimum absolute atomic E-state index is 0.159. The van der Waals surface area contributed by atoms with Crippen LogP contribution < -0.4 is 0 Å². The van der Waals surface area contributed by atoms with Crippen LogP contribution in [0.25, 0.3) is 0 Å². The summed E-state index contributed by atoms with van der Waals surface area (Å²) in [5.74, 6) is 0.159. The van der Waals surface area contributed by atoms with Crippen molar-refractivity contribution in [2.75, 3.05) is 13.2 Å². The average molecular weight is 330 g/mol. The van der Waals surface area contributed by atoms with E-state index in [1.54, 1.807) is 11.3 Å². The highest BCUT2D eigenvalue weighted by Gasteiger charge is 2.37. The van der Waals surface area contributed by atoms with Gasteiger partial charge in [-0.15, -0.1) is 11.3 Å². The molecule has 1 aliphatic heterocycles. The molecule has 0 spiro atoms. The fourth-order valence-electron chi connectivity index (χ4n) is 3.81. The fourth-order valence-corrected chi connectivity index (χ4v) is 4.52. The number of hydrogen-bond acceptors (Lipinski definition) is 3. The molecule has 4 rings (SSSR count). The quantitative estimate of drug-likeness (QED) is 0.865. The largest absolute Gasteiger partial charge is 0.374 e. The van der Waals surface area contributed by atoms with Crippen molar-refractivity contribution in [3.8, 4) is 0 Å². The minimum Gasteiger partial charge on any atom is -0.374 e. The maximum Gasteiger partial charge on any atom is 0.270 e. The van der Waals surface area contributed by atoms with Gasteiger partial charge in [-0.2, -0.15) is 0 Å². The molecule has 1 saturated carbocycles. The van der Waals surface area contributed by atoms with E-state index in [0.29, 0.717) is 13.2 Å². The van der Waals surface area contributed by atoms with E-state index >= 15 is 0 Å². The fraction of sp³-hybridized carbons (Fsp3) is 0.500. The molecule has 2 atom stereocenters. The molecule has 2 aromatic rings. The summed E-state index contributed by atoms with van der Waals surface area (Å²) in [5.41, 5.74) is 0.796. The highest BCUT2D eigenvalue weighted by molar-refractivity contribution is 7.09. The Morgan fingerprint density at radius 1 is 1.26 bits per heavy atom. The van der Waals surface area contributed by atoms with Crippen LogP contribution in [0.2, 0.25) is 0 Å². The second-order valence-corrected chi connectivity index (χ2v) is 7.39. The lowest BCUT2D eigenvalue weighted by molar-refractivity contribution is -0.0755. The molecule has 2 aliphatic rings. The van der Waals surface area contributed by atoms with Crippen molar-refractivity contribution in [2.45, 2.75) is 44.4 Å². The Bertz CT molecular complexity index is 662. The van der Waals surface area contributed by atoms with Crippen LogP contribution in [0.15, 0.2) is 35.8 Å². The molecular formula is C18H22N2O2S. The van der Waals surface area contributed by atoms with Crippen LogP contribution in [0.5, 0.6) is 0 Å². The summed E-state index contributed by atoms with van der Waals surface area (Å²) >= 11 is 1.73. The van der Waals surface area contributed by atoms with Gasteiger partial charge in [-0.1, -0.05) is 18.9 Å². The van der Waals surface area contributed by atoms with Gasteiger partial charge in [0, 0.05) is 17.6 Å². The molecule has 1 saturated heterocycles. The molecule has 1 aliphatic carbocycles. The number of nitrogens with zero attached hydrogens (tertiary/aromatic N) is 2. The first-order chi connectivity index (χ1) is 11.3. The first-order valence-corrected chi connectivity index (χ1v) is 9.31. The third kappa shape index (κ3) is 2.95. The van der Waals surface area contributed by atoms with Crippen LogP contribution in [0.3, 0.4) is 0 Å². The standard InChI is InChI=1S/C18H22N2O2S/c21-18(20-10-11-22-17-8-2-1-6-15(17)20)16-7-3-9-19(16)13-14-5-4-12-23-14/h3-5,7,9,12,15,17H,1-2,6,8,10-11,13H2/t15-,17-/m0/s1. The topological polar surface area (TPSA) is 34.5 Å². The number of hydrogen-bond donors (Lipinski definition) is 0.